The maximum atomic E-state index is 4.26. The summed E-state index contributed by atoms with van der Waals surface area (Å²) in [6.45, 7) is 1.19. The molecule has 0 amide bonds. The number of hydrogen-bond acceptors (Lipinski definition) is 2. The zero-order valence-electron chi connectivity index (χ0n) is 9.82. The van der Waals surface area contributed by atoms with Gasteiger partial charge in [-0.3, -0.25) is 4.98 Å². The zero-order valence-corrected chi connectivity index (χ0v) is 11.4. The lowest BCUT2D eigenvalue weighted by molar-refractivity contribution is 0.278. The van der Waals surface area contributed by atoms with Gasteiger partial charge in [0.1, 0.15) is 0 Å². The minimum atomic E-state index is 0.683. The molecule has 0 unspecified atom stereocenters. The van der Waals surface area contributed by atoms with E-state index in [0.29, 0.717) is 6.04 Å². The monoisotopic (exact) mass is 292 g/mol. The van der Waals surface area contributed by atoms with Crippen molar-refractivity contribution in [2.75, 3.05) is 6.54 Å². The van der Waals surface area contributed by atoms with Gasteiger partial charge < -0.3 is 5.32 Å². The van der Waals surface area contributed by atoms with E-state index in [4.69, 9.17) is 0 Å². The van der Waals surface area contributed by atoms with Crippen LogP contribution in [0, 0.1) is 5.92 Å². The molecule has 2 aliphatic rings. The molecule has 3 heteroatoms. The van der Waals surface area contributed by atoms with Crippen molar-refractivity contribution < 1.29 is 0 Å². The Morgan fingerprint density at radius 1 is 1.35 bits per heavy atom. The molecule has 0 bridgehead atoms. The first-order chi connectivity index (χ1) is 8.33. The standard InChI is InChI=1S/C14H17BrN2/c15-13-6-12(8-16-9-13)11-4-3-10-2-1-5-17-14(10)7-11/h4,6,8-10,14,17H,1-3,5,7H2/t10-,14+/m0/s1. The van der Waals surface area contributed by atoms with Crippen LogP contribution < -0.4 is 5.32 Å². The fourth-order valence-corrected chi connectivity index (χ4v) is 3.34. The van der Waals surface area contributed by atoms with Gasteiger partial charge in [-0.1, -0.05) is 6.08 Å². The quantitative estimate of drug-likeness (QED) is 0.858. The van der Waals surface area contributed by atoms with E-state index in [1.165, 1.54) is 36.9 Å². The fourth-order valence-electron chi connectivity index (χ4n) is 2.98. The Balaban J connectivity index is 1.82. The van der Waals surface area contributed by atoms with E-state index in [9.17, 15) is 0 Å². The van der Waals surface area contributed by atoms with Gasteiger partial charge in [0.25, 0.3) is 0 Å². The van der Waals surface area contributed by atoms with E-state index in [1.54, 1.807) is 0 Å². The fraction of sp³-hybridized carbons (Fsp3) is 0.500. The molecule has 0 radical (unpaired) electrons. The lowest BCUT2D eigenvalue weighted by atomic mass is 9.78. The third-order valence-electron chi connectivity index (χ3n) is 3.91. The van der Waals surface area contributed by atoms with E-state index in [-0.39, 0.29) is 0 Å². The predicted molar refractivity (Wildman–Crippen MR) is 73.7 cm³/mol. The summed E-state index contributed by atoms with van der Waals surface area (Å²) in [5.41, 5.74) is 2.72. The summed E-state index contributed by atoms with van der Waals surface area (Å²) < 4.78 is 1.06. The number of rotatable bonds is 1. The largest absolute Gasteiger partial charge is 0.313 e. The molecule has 0 aromatic carbocycles. The molecule has 1 fully saturated rings. The molecule has 1 aliphatic heterocycles. The normalized spacial score (nSPS) is 28.4. The Hall–Kier alpha value is -0.670. The highest BCUT2D eigenvalue weighted by Gasteiger charge is 2.28. The number of nitrogens with zero attached hydrogens (tertiary/aromatic N) is 1. The molecule has 1 aliphatic carbocycles. The first kappa shape index (κ1) is 11.4. The van der Waals surface area contributed by atoms with Crippen molar-refractivity contribution in [2.24, 2.45) is 5.92 Å². The average molecular weight is 293 g/mol. The summed E-state index contributed by atoms with van der Waals surface area (Å²) in [6.07, 6.45) is 11.3. The van der Waals surface area contributed by atoms with E-state index >= 15 is 0 Å². The first-order valence-corrected chi connectivity index (χ1v) is 7.15. The third kappa shape index (κ3) is 2.45. The Kier molecular flexibility index (Phi) is 3.30. The second-order valence-electron chi connectivity index (χ2n) is 5.02. The predicted octanol–water partition coefficient (Wildman–Crippen LogP) is 3.39. The van der Waals surface area contributed by atoms with E-state index in [2.05, 4.69) is 38.4 Å². The van der Waals surface area contributed by atoms with Crippen molar-refractivity contribution in [1.29, 1.82) is 0 Å². The van der Waals surface area contributed by atoms with Gasteiger partial charge >= 0.3 is 0 Å². The maximum Gasteiger partial charge on any atom is 0.0410 e. The Morgan fingerprint density at radius 2 is 2.29 bits per heavy atom. The molecular formula is C14H17BrN2. The average Bonchev–Trinajstić information content (AvgIpc) is 2.38. The van der Waals surface area contributed by atoms with Gasteiger partial charge in [0.2, 0.25) is 0 Å². The van der Waals surface area contributed by atoms with Crippen molar-refractivity contribution in [2.45, 2.75) is 31.7 Å². The zero-order chi connectivity index (χ0) is 11.7. The Labute approximate surface area is 111 Å². The molecule has 0 spiro atoms. The molecule has 2 heterocycles. The molecule has 1 saturated heterocycles. The highest BCUT2D eigenvalue weighted by molar-refractivity contribution is 9.10. The van der Waals surface area contributed by atoms with Crippen molar-refractivity contribution in [1.82, 2.24) is 10.3 Å². The van der Waals surface area contributed by atoms with Crippen LogP contribution in [-0.4, -0.2) is 17.6 Å². The number of halogens is 1. The molecule has 2 nitrogen and oxygen atoms in total. The highest BCUT2D eigenvalue weighted by atomic mass is 79.9. The van der Waals surface area contributed by atoms with Crippen LogP contribution >= 0.6 is 15.9 Å². The van der Waals surface area contributed by atoms with Gasteiger partial charge in [-0.25, -0.2) is 0 Å². The molecule has 0 saturated carbocycles. The molecule has 1 aromatic rings. The summed E-state index contributed by atoms with van der Waals surface area (Å²) >= 11 is 3.49. The summed E-state index contributed by atoms with van der Waals surface area (Å²) in [7, 11) is 0. The van der Waals surface area contributed by atoms with Gasteiger partial charge in [0, 0.05) is 22.9 Å². The molecule has 1 aromatic heterocycles. The third-order valence-corrected chi connectivity index (χ3v) is 4.34. The van der Waals surface area contributed by atoms with Crippen molar-refractivity contribution >= 4 is 21.5 Å². The highest BCUT2D eigenvalue weighted by Crippen LogP contribution is 2.34. The summed E-state index contributed by atoms with van der Waals surface area (Å²) in [6, 6.07) is 2.85. The summed E-state index contributed by atoms with van der Waals surface area (Å²) in [5, 5.41) is 3.66. The van der Waals surface area contributed by atoms with Crippen LogP contribution in [0.1, 0.15) is 31.2 Å². The van der Waals surface area contributed by atoms with E-state index in [1.807, 2.05) is 12.4 Å². The first-order valence-electron chi connectivity index (χ1n) is 6.36. The topological polar surface area (TPSA) is 24.9 Å². The van der Waals surface area contributed by atoms with Crippen LogP contribution in [-0.2, 0) is 0 Å². The van der Waals surface area contributed by atoms with Crippen LogP contribution in [0.4, 0.5) is 0 Å². The number of hydrogen-bond donors (Lipinski definition) is 1. The van der Waals surface area contributed by atoms with Gasteiger partial charge in [0.15, 0.2) is 0 Å². The lowest BCUT2D eigenvalue weighted by Crippen LogP contribution is -2.42. The number of nitrogens with one attached hydrogen (secondary N) is 1. The number of pyridine rings is 1. The minimum Gasteiger partial charge on any atom is -0.313 e. The maximum absolute atomic E-state index is 4.26. The van der Waals surface area contributed by atoms with Gasteiger partial charge in [-0.05, 0) is 71.3 Å². The molecule has 90 valence electrons. The van der Waals surface area contributed by atoms with Crippen LogP contribution in [0.5, 0.6) is 0 Å². The molecule has 3 rings (SSSR count). The minimum absolute atomic E-state index is 0.683. The summed E-state index contributed by atoms with van der Waals surface area (Å²) in [5.74, 6) is 0.854. The van der Waals surface area contributed by atoms with Crippen molar-refractivity contribution in [3.63, 3.8) is 0 Å². The second kappa shape index (κ2) is 4.91. The van der Waals surface area contributed by atoms with Crippen molar-refractivity contribution in [3.05, 3.63) is 34.6 Å². The number of allylic oxidation sites excluding steroid dienone is 1. The lowest BCUT2D eigenvalue weighted by Gasteiger charge is -2.36. The molecular weight excluding hydrogens is 276 g/mol. The van der Waals surface area contributed by atoms with Gasteiger partial charge in [-0.2, -0.15) is 0 Å². The van der Waals surface area contributed by atoms with Crippen LogP contribution in [0.15, 0.2) is 29.0 Å². The number of fused-ring (bicyclic) bond motifs is 1. The van der Waals surface area contributed by atoms with Crippen LogP contribution in [0.25, 0.3) is 5.57 Å². The molecule has 17 heavy (non-hydrogen) atoms. The van der Waals surface area contributed by atoms with Crippen LogP contribution in [0.2, 0.25) is 0 Å². The smallest absolute Gasteiger partial charge is 0.0410 e. The number of piperidine rings is 1. The van der Waals surface area contributed by atoms with Gasteiger partial charge in [-0.15, -0.1) is 0 Å². The SMILES string of the molecule is Brc1cncc(C2=CC[C@@H]3CCCN[C@@H]3C2)c1. The molecule has 2 atom stereocenters. The Morgan fingerprint density at radius 3 is 3.18 bits per heavy atom. The van der Waals surface area contributed by atoms with Crippen molar-refractivity contribution in [3.8, 4) is 0 Å². The summed E-state index contributed by atoms with van der Waals surface area (Å²) in [4.78, 5) is 4.26. The van der Waals surface area contributed by atoms with Crippen LogP contribution in [0.3, 0.4) is 0 Å². The second-order valence-corrected chi connectivity index (χ2v) is 5.94. The number of aromatic nitrogens is 1. The van der Waals surface area contributed by atoms with E-state index in [0.717, 1.165) is 16.8 Å². The molecule has 1 N–H and O–H groups in total. The van der Waals surface area contributed by atoms with E-state index < -0.39 is 0 Å². The Bertz CT molecular complexity index is 442. The van der Waals surface area contributed by atoms with Gasteiger partial charge in [0.05, 0.1) is 0 Å².